The Bertz CT molecular complexity index is 476. The zero-order valence-electron chi connectivity index (χ0n) is 12.3. The fourth-order valence-electron chi connectivity index (χ4n) is 2.28. The van der Waals surface area contributed by atoms with E-state index in [1.807, 2.05) is 20.8 Å². The lowest BCUT2D eigenvalue weighted by Gasteiger charge is -2.33. The van der Waals surface area contributed by atoms with E-state index in [2.05, 4.69) is 9.97 Å². The minimum atomic E-state index is -0.451. The van der Waals surface area contributed by atoms with Gasteiger partial charge in [-0.1, -0.05) is 0 Å². The van der Waals surface area contributed by atoms with Crippen molar-refractivity contribution in [1.29, 1.82) is 0 Å². The zero-order valence-corrected chi connectivity index (χ0v) is 12.3. The maximum atomic E-state index is 12.0. The average molecular weight is 278 g/mol. The number of anilines is 1. The van der Waals surface area contributed by atoms with Gasteiger partial charge in [-0.2, -0.15) is 0 Å². The van der Waals surface area contributed by atoms with E-state index in [-0.39, 0.29) is 6.09 Å². The molecule has 0 bridgehead atoms. The molecule has 0 spiro atoms. The van der Waals surface area contributed by atoms with Crippen LogP contribution in [0.5, 0.6) is 0 Å². The van der Waals surface area contributed by atoms with E-state index >= 15 is 0 Å². The highest BCUT2D eigenvalue weighted by molar-refractivity contribution is 5.68. The van der Waals surface area contributed by atoms with E-state index < -0.39 is 5.60 Å². The number of carbonyl (C=O) groups is 1. The van der Waals surface area contributed by atoms with Gasteiger partial charge >= 0.3 is 6.09 Å². The minimum Gasteiger partial charge on any atom is -0.444 e. The van der Waals surface area contributed by atoms with Crippen LogP contribution in [0, 0.1) is 0 Å². The van der Waals surface area contributed by atoms with Crippen LogP contribution in [0.4, 0.5) is 10.6 Å². The van der Waals surface area contributed by atoms with Crippen molar-refractivity contribution in [3.63, 3.8) is 0 Å². The van der Waals surface area contributed by atoms with Crippen LogP contribution in [0.15, 0.2) is 12.4 Å². The Labute approximate surface area is 119 Å². The van der Waals surface area contributed by atoms with Gasteiger partial charge in [0.15, 0.2) is 0 Å². The highest BCUT2D eigenvalue weighted by atomic mass is 16.6. The Morgan fingerprint density at radius 3 is 2.55 bits per heavy atom. The van der Waals surface area contributed by atoms with Gasteiger partial charge in [-0.3, -0.25) is 4.98 Å². The summed E-state index contributed by atoms with van der Waals surface area (Å²) in [7, 11) is 0. The van der Waals surface area contributed by atoms with Gasteiger partial charge < -0.3 is 15.4 Å². The van der Waals surface area contributed by atoms with Gasteiger partial charge in [-0.25, -0.2) is 9.78 Å². The van der Waals surface area contributed by atoms with Crippen LogP contribution in [0.3, 0.4) is 0 Å². The number of aromatic nitrogens is 2. The summed E-state index contributed by atoms with van der Waals surface area (Å²) in [5.41, 5.74) is 6.11. The molecule has 0 aromatic carbocycles. The van der Waals surface area contributed by atoms with Gasteiger partial charge in [0.1, 0.15) is 11.4 Å². The molecule has 0 aliphatic carbocycles. The predicted molar refractivity (Wildman–Crippen MR) is 76.2 cm³/mol. The molecule has 0 radical (unpaired) electrons. The Morgan fingerprint density at radius 2 is 2.00 bits per heavy atom. The third-order valence-electron chi connectivity index (χ3n) is 3.24. The number of nitrogen functional groups attached to an aromatic ring is 1. The van der Waals surface area contributed by atoms with Gasteiger partial charge in [-0.05, 0) is 33.6 Å². The number of nitrogens with zero attached hydrogens (tertiary/aromatic N) is 3. The molecule has 1 aliphatic heterocycles. The van der Waals surface area contributed by atoms with E-state index in [0.717, 1.165) is 18.5 Å². The highest BCUT2D eigenvalue weighted by Crippen LogP contribution is 2.27. The highest BCUT2D eigenvalue weighted by Gasteiger charge is 2.28. The van der Waals surface area contributed by atoms with Crippen molar-refractivity contribution < 1.29 is 9.53 Å². The van der Waals surface area contributed by atoms with Crippen LogP contribution in [0.1, 0.15) is 45.2 Å². The van der Waals surface area contributed by atoms with Crippen LogP contribution < -0.4 is 5.73 Å². The second-order valence-electron chi connectivity index (χ2n) is 6.11. The van der Waals surface area contributed by atoms with E-state index in [9.17, 15) is 4.79 Å². The van der Waals surface area contributed by atoms with Crippen molar-refractivity contribution in [3.05, 3.63) is 18.1 Å². The lowest BCUT2D eigenvalue weighted by atomic mass is 9.94. The molecule has 1 fully saturated rings. The molecule has 2 rings (SSSR count). The summed E-state index contributed by atoms with van der Waals surface area (Å²) in [5.74, 6) is 0.752. The molecule has 6 nitrogen and oxygen atoms in total. The average Bonchev–Trinajstić information content (AvgIpc) is 2.37. The Hall–Kier alpha value is -1.85. The third kappa shape index (κ3) is 3.82. The van der Waals surface area contributed by atoms with Gasteiger partial charge in [0, 0.05) is 25.2 Å². The molecule has 0 unspecified atom stereocenters. The zero-order chi connectivity index (χ0) is 14.8. The summed E-state index contributed by atoms with van der Waals surface area (Å²) in [4.78, 5) is 22.1. The van der Waals surface area contributed by atoms with Crippen LogP contribution in [-0.2, 0) is 4.74 Å². The van der Waals surface area contributed by atoms with E-state index in [4.69, 9.17) is 10.5 Å². The molecule has 1 amide bonds. The molecule has 2 N–H and O–H groups in total. The summed E-state index contributed by atoms with van der Waals surface area (Å²) in [6.07, 6.45) is 4.77. The summed E-state index contributed by atoms with van der Waals surface area (Å²) in [6.45, 7) is 6.98. The van der Waals surface area contributed by atoms with Crippen molar-refractivity contribution in [3.8, 4) is 0 Å². The molecular weight excluding hydrogens is 256 g/mol. The molecule has 20 heavy (non-hydrogen) atoms. The summed E-state index contributed by atoms with van der Waals surface area (Å²) < 4.78 is 5.38. The summed E-state index contributed by atoms with van der Waals surface area (Å²) in [5, 5.41) is 0. The molecular formula is C14H22N4O2. The third-order valence-corrected chi connectivity index (χ3v) is 3.24. The topological polar surface area (TPSA) is 81.3 Å². The van der Waals surface area contributed by atoms with Crippen molar-refractivity contribution in [2.24, 2.45) is 0 Å². The van der Waals surface area contributed by atoms with Crippen LogP contribution in [0.2, 0.25) is 0 Å². The van der Waals surface area contributed by atoms with E-state index in [1.165, 1.54) is 0 Å². The van der Waals surface area contributed by atoms with Crippen LogP contribution in [-0.4, -0.2) is 39.7 Å². The second-order valence-corrected chi connectivity index (χ2v) is 6.11. The minimum absolute atomic E-state index is 0.241. The molecule has 2 heterocycles. The second kappa shape index (κ2) is 5.64. The number of carbonyl (C=O) groups excluding carboxylic acids is 1. The normalized spacial score (nSPS) is 17.1. The lowest BCUT2D eigenvalue weighted by molar-refractivity contribution is 0.0204. The molecule has 1 saturated heterocycles. The number of ether oxygens (including phenoxy) is 1. The Balaban J connectivity index is 1.91. The van der Waals surface area contributed by atoms with Crippen molar-refractivity contribution in [2.75, 3.05) is 18.8 Å². The molecule has 1 aromatic rings. The Morgan fingerprint density at radius 1 is 1.35 bits per heavy atom. The number of hydrogen-bond donors (Lipinski definition) is 1. The van der Waals surface area contributed by atoms with E-state index in [0.29, 0.717) is 24.8 Å². The summed E-state index contributed by atoms with van der Waals surface area (Å²) >= 11 is 0. The first-order valence-electron chi connectivity index (χ1n) is 6.90. The van der Waals surface area contributed by atoms with Gasteiger partial charge in [0.25, 0.3) is 0 Å². The van der Waals surface area contributed by atoms with Crippen LogP contribution in [0.25, 0.3) is 0 Å². The number of amides is 1. The fourth-order valence-corrected chi connectivity index (χ4v) is 2.28. The lowest BCUT2D eigenvalue weighted by Crippen LogP contribution is -2.41. The monoisotopic (exact) mass is 278 g/mol. The van der Waals surface area contributed by atoms with Gasteiger partial charge in [0.2, 0.25) is 0 Å². The number of likely N-dealkylation sites (tertiary alicyclic amines) is 1. The van der Waals surface area contributed by atoms with Crippen molar-refractivity contribution in [2.45, 2.75) is 45.1 Å². The van der Waals surface area contributed by atoms with E-state index in [1.54, 1.807) is 17.3 Å². The summed E-state index contributed by atoms with van der Waals surface area (Å²) in [6, 6.07) is 0. The Kier molecular flexibility index (Phi) is 4.11. The number of nitrogens with two attached hydrogens (primary N) is 1. The fraction of sp³-hybridized carbons (Fsp3) is 0.643. The maximum Gasteiger partial charge on any atom is 0.410 e. The number of rotatable bonds is 1. The SMILES string of the molecule is CC(C)(C)OC(=O)N1CCC(c2cncc(N)n2)CC1. The predicted octanol–water partition coefficient (Wildman–Crippen LogP) is 2.17. The maximum absolute atomic E-state index is 12.0. The first-order valence-corrected chi connectivity index (χ1v) is 6.90. The van der Waals surface area contributed by atoms with Crippen molar-refractivity contribution >= 4 is 11.9 Å². The van der Waals surface area contributed by atoms with Gasteiger partial charge in [0.05, 0.1) is 11.9 Å². The largest absolute Gasteiger partial charge is 0.444 e. The van der Waals surface area contributed by atoms with Crippen molar-refractivity contribution in [1.82, 2.24) is 14.9 Å². The number of piperidine rings is 1. The molecule has 0 atom stereocenters. The molecule has 1 aromatic heterocycles. The molecule has 6 heteroatoms. The molecule has 1 aliphatic rings. The first kappa shape index (κ1) is 14.6. The molecule has 0 saturated carbocycles. The van der Waals surface area contributed by atoms with Gasteiger partial charge in [-0.15, -0.1) is 0 Å². The number of hydrogen-bond acceptors (Lipinski definition) is 5. The quantitative estimate of drug-likeness (QED) is 0.851. The molecule has 110 valence electrons. The standard InChI is InChI=1S/C14H22N4O2/c1-14(2,3)20-13(19)18-6-4-10(5-7-18)11-8-16-9-12(15)17-11/h8-10H,4-7H2,1-3H3,(H2,15,17). The smallest absolute Gasteiger partial charge is 0.410 e. The first-order chi connectivity index (χ1) is 9.35. The van der Waals surface area contributed by atoms with Crippen LogP contribution >= 0.6 is 0 Å².